The third-order valence-corrected chi connectivity index (χ3v) is 2.33. The summed E-state index contributed by atoms with van der Waals surface area (Å²) in [5.74, 6) is 3.97. The second kappa shape index (κ2) is 7.23. The van der Waals surface area contributed by atoms with Crippen LogP contribution in [0.5, 0.6) is 17.2 Å². The summed E-state index contributed by atoms with van der Waals surface area (Å²) >= 11 is 0. The zero-order chi connectivity index (χ0) is 13.4. The number of carbonyl (C=O) groups is 1. The summed E-state index contributed by atoms with van der Waals surface area (Å²) in [6.07, 6.45) is 7.29. The quantitative estimate of drug-likeness (QED) is 0.422. The van der Waals surface area contributed by atoms with E-state index in [1.807, 2.05) is 0 Å². The average Bonchev–Trinajstić information content (AvgIpc) is 2.42. The van der Waals surface area contributed by atoms with Crippen LogP contribution in [0, 0.1) is 12.3 Å². The Kier molecular flexibility index (Phi) is 5.59. The molecule has 0 aliphatic rings. The van der Waals surface area contributed by atoms with Crippen molar-refractivity contribution in [3.8, 4) is 29.6 Å². The van der Waals surface area contributed by atoms with Gasteiger partial charge in [0.25, 0.3) is 0 Å². The van der Waals surface area contributed by atoms with Crippen LogP contribution in [0.1, 0.15) is 23.2 Å². The first kappa shape index (κ1) is 13.9. The van der Waals surface area contributed by atoms with Gasteiger partial charge < -0.3 is 14.2 Å². The fourth-order valence-electron chi connectivity index (χ4n) is 1.46. The molecule has 96 valence electrons. The van der Waals surface area contributed by atoms with E-state index in [0.717, 1.165) is 12.7 Å². The molecule has 0 spiro atoms. The highest BCUT2D eigenvalue weighted by Crippen LogP contribution is 2.38. The van der Waals surface area contributed by atoms with Crippen molar-refractivity contribution in [2.45, 2.75) is 12.8 Å². The fraction of sp³-hybridized carbons (Fsp3) is 0.357. The standard InChI is InChI=1S/C14H16O4/c1-4-5-6-7-18-14-12(16-2)8-11(10-15)9-13(14)17-3/h1,8-10H,5-7H2,2-3H3. The van der Waals surface area contributed by atoms with Crippen LogP contribution < -0.4 is 14.2 Å². The number of terminal acetylenes is 1. The lowest BCUT2D eigenvalue weighted by atomic mass is 10.2. The monoisotopic (exact) mass is 248 g/mol. The van der Waals surface area contributed by atoms with Gasteiger partial charge in [0.05, 0.1) is 20.8 Å². The predicted octanol–water partition coefficient (Wildman–Crippen LogP) is 2.31. The normalized spacial score (nSPS) is 9.39. The van der Waals surface area contributed by atoms with Crippen LogP contribution in [0.3, 0.4) is 0 Å². The van der Waals surface area contributed by atoms with Crippen LogP contribution in [0.4, 0.5) is 0 Å². The summed E-state index contributed by atoms with van der Waals surface area (Å²) in [7, 11) is 3.02. The zero-order valence-corrected chi connectivity index (χ0v) is 10.6. The number of ether oxygens (including phenoxy) is 3. The minimum absolute atomic E-state index is 0.470. The van der Waals surface area contributed by atoms with E-state index in [0.29, 0.717) is 35.8 Å². The Morgan fingerprint density at radius 2 is 1.89 bits per heavy atom. The SMILES string of the molecule is C#CCCCOc1c(OC)cc(C=O)cc1OC. The Hall–Kier alpha value is -2.15. The Labute approximate surface area is 107 Å². The first-order valence-corrected chi connectivity index (χ1v) is 5.54. The van der Waals surface area contributed by atoms with Crippen LogP contribution >= 0.6 is 0 Å². The molecule has 0 radical (unpaired) electrons. The molecule has 4 nitrogen and oxygen atoms in total. The molecular weight excluding hydrogens is 232 g/mol. The first-order valence-electron chi connectivity index (χ1n) is 5.54. The first-order chi connectivity index (χ1) is 8.76. The number of benzene rings is 1. The minimum atomic E-state index is 0.470. The Bertz CT molecular complexity index is 421. The Morgan fingerprint density at radius 1 is 1.28 bits per heavy atom. The molecule has 0 amide bonds. The molecule has 0 N–H and O–H groups in total. The van der Waals surface area contributed by atoms with E-state index in [4.69, 9.17) is 20.6 Å². The Morgan fingerprint density at radius 3 is 2.33 bits per heavy atom. The van der Waals surface area contributed by atoms with Crippen LogP contribution in [0.25, 0.3) is 0 Å². The van der Waals surface area contributed by atoms with Crippen LogP contribution in [-0.4, -0.2) is 27.1 Å². The number of carbonyl (C=O) groups excluding carboxylic acids is 1. The van der Waals surface area contributed by atoms with Crippen molar-refractivity contribution in [2.24, 2.45) is 0 Å². The van der Waals surface area contributed by atoms with Gasteiger partial charge >= 0.3 is 0 Å². The molecule has 0 saturated heterocycles. The maximum atomic E-state index is 10.8. The molecule has 0 atom stereocenters. The maximum absolute atomic E-state index is 10.8. The van der Waals surface area contributed by atoms with E-state index in [1.54, 1.807) is 12.1 Å². The summed E-state index contributed by atoms with van der Waals surface area (Å²) in [4.78, 5) is 10.8. The number of hydrogen-bond acceptors (Lipinski definition) is 4. The van der Waals surface area contributed by atoms with Crippen molar-refractivity contribution in [1.82, 2.24) is 0 Å². The predicted molar refractivity (Wildman–Crippen MR) is 68.5 cm³/mol. The van der Waals surface area contributed by atoms with Gasteiger partial charge in [0.15, 0.2) is 11.5 Å². The zero-order valence-electron chi connectivity index (χ0n) is 10.6. The molecule has 1 aromatic rings. The van der Waals surface area contributed by atoms with Crippen molar-refractivity contribution in [1.29, 1.82) is 0 Å². The molecule has 0 unspecified atom stereocenters. The van der Waals surface area contributed by atoms with Gasteiger partial charge in [-0.05, 0) is 18.6 Å². The second-order valence-electron chi connectivity index (χ2n) is 3.53. The fourth-order valence-corrected chi connectivity index (χ4v) is 1.46. The van der Waals surface area contributed by atoms with Crippen LogP contribution in [0.2, 0.25) is 0 Å². The van der Waals surface area contributed by atoms with Crippen molar-refractivity contribution in [3.63, 3.8) is 0 Å². The van der Waals surface area contributed by atoms with Gasteiger partial charge in [-0.1, -0.05) is 0 Å². The molecule has 0 aliphatic heterocycles. The lowest BCUT2D eigenvalue weighted by molar-refractivity contribution is 0.112. The lowest BCUT2D eigenvalue weighted by Crippen LogP contribution is -2.02. The Balaban J connectivity index is 2.93. The molecule has 0 saturated carbocycles. The molecule has 18 heavy (non-hydrogen) atoms. The number of unbranched alkanes of at least 4 members (excludes halogenated alkanes) is 1. The van der Waals surface area contributed by atoms with Crippen molar-refractivity contribution >= 4 is 6.29 Å². The molecule has 1 rings (SSSR count). The third-order valence-electron chi connectivity index (χ3n) is 2.33. The van der Waals surface area contributed by atoms with Crippen molar-refractivity contribution < 1.29 is 19.0 Å². The van der Waals surface area contributed by atoms with Crippen LogP contribution in [-0.2, 0) is 0 Å². The highest BCUT2D eigenvalue weighted by molar-refractivity contribution is 5.78. The summed E-state index contributed by atoms with van der Waals surface area (Å²) in [6, 6.07) is 3.21. The van der Waals surface area contributed by atoms with E-state index >= 15 is 0 Å². The van der Waals surface area contributed by atoms with Gasteiger partial charge in [-0.15, -0.1) is 12.3 Å². The van der Waals surface area contributed by atoms with E-state index in [9.17, 15) is 4.79 Å². The smallest absolute Gasteiger partial charge is 0.203 e. The van der Waals surface area contributed by atoms with E-state index in [-0.39, 0.29) is 0 Å². The summed E-state index contributed by atoms with van der Waals surface area (Å²) in [5, 5.41) is 0. The molecule has 0 aromatic heterocycles. The van der Waals surface area contributed by atoms with Gasteiger partial charge in [0.2, 0.25) is 5.75 Å². The van der Waals surface area contributed by atoms with E-state index < -0.39 is 0 Å². The highest BCUT2D eigenvalue weighted by atomic mass is 16.5. The molecule has 0 fully saturated rings. The van der Waals surface area contributed by atoms with Gasteiger partial charge in [0.1, 0.15) is 6.29 Å². The average molecular weight is 248 g/mol. The topological polar surface area (TPSA) is 44.8 Å². The largest absolute Gasteiger partial charge is 0.493 e. The van der Waals surface area contributed by atoms with Gasteiger partial charge in [0, 0.05) is 12.0 Å². The molecule has 0 heterocycles. The van der Waals surface area contributed by atoms with Crippen molar-refractivity contribution in [3.05, 3.63) is 17.7 Å². The molecule has 4 heteroatoms. The van der Waals surface area contributed by atoms with E-state index in [2.05, 4.69) is 5.92 Å². The molecule has 0 bridgehead atoms. The summed E-state index contributed by atoms with van der Waals surface area (Å²) in [6.45, 7) is 0.470. The number of rotatable bonds is 7. The number of aldehydes is 1. The summed E-state index contributed by atoms with van der Waals surface area (Å²) in [5.41, 5.74) is 0.472. The van der Waals surface area contributed by atoms with E-state index in [1.165, 1.54) is 14.2 Å². The minimum Gasteiger partial charge on any atom is -0.493 e. The van der Waals surface area contributed by atoms with Gasteiger partial charge in [-0.25, -0.2) is 0 Å². The molecule has 1 aromatic carbocycles. The number of methoxy groups -OCH3 is 2. The molecular formula is C14H16O4. The van der Waals surface area contributed by atoms with Gasteiger partial charge in [-0.3, -0.25) is 4.79 Å². The van der Waals surface area contributed by atoms with Gasteiger partial charge in [-0.2, -0.15) is 0 Å². The third kappa shape index (κ3) is 3.42. The second-order valence-corrected chi connectivity index (χ2v) is 3.53. The lowest BCUT2D eigenvalue weighted by Gasteiger charge is -2.14. The molecule has 0 aliphatic carbocycles. The van der Waals surface area contributed by atoms with Crippen molar-refractivity contribution in [2.75, 3.05) is 20.8 Å². The number of hydrogen-bond donors (Lipinski definition) is 0. The maximum Gasteiger partial charge on any atom is 0.203 e. The van der Waals surface area contributed by atoms with Crippen LogP contribution in [0.15, 0.2) is 12.1 Å². The summed E-state index contributed by atoms with van der Waals surface area (Å²) < 4.78 is 16.0. The highest BCUT2D eigenvalue weighted by Gasteiger charge is 2.13.